The Balaban J connectivity index is 2.49. The fraction of sp³-hybridized carbons (Fsp3) is 0.333. The molecule has 1 aromatic carbocycles. The highest BCUT2D eigenvalue weighted by Crippen LogP contribution is 2.43. The van der Waals surface area contributed by atoms with E-state index in [0.29, 0.717) is 11.8 Å². The minimum atomic E-state index is -0.883. The zero-order valence-electron chi connectivity index (χ0n) is 9.20. The Morgan fingerprint density at radius 2 is 2.06 bits per heavy atom. The van der Waals surface area contributed by atoms with E-state index < -0.39 is 7.27 Å². The highest BCUT2D eigenvalue weighted by atomic mass is 35.7. The Morgan fingerprint density at radius 1 is 1.38 bits per heavy atom. The number of benzene rings is 1. The molecule has 0 aliphatic heterocycles. The van der Waals surface area contributed by atoms with Crippen LogP contribution in [0.2, 0.25) is 0 Å². The maximum Gasteiger partial charge on any atom is 0.188 e. The first kappa shape index (κ1) is 13.8. The molecule has 1 atom stereocenters. The van der Waals surface area contributed by atoms with Crippen LogP contribution in [-0.2, 0) is 4.74 Å². The molecule has 1 unspecified atom stereocenters. The van der Waals surface area contributed by atoms with Crippen molar-refractivity contribution in [3.05, 3.63) is 41.4 Å². The van der Waals surface area contributed by atoms with Gasteiger partial charge in [0.25, 0.3) is 0 Å². The second kappa shape index (κ2) is 7.95. The van der Waals surface area contributed by atoms with E-state index in [-0.39, 0.29) is 0 Å². The molecule has 0 spiro atoms. The van der Waals surface area contributed by atoms with Crippen LogP contribution in [0.4, 0.5) is 0 Å². The molecule has 0 N–H and O–H groups in total. The number of rotatable bonds is 6. The first-order valence-corrected chi connectivity index (χ1v) is 7.93. The minimum absolute atomic E-state index is 0.401. The Hall–Kier alpha value is -0.230. The first-order chi connectivity index (χ1) is 7.74. The van der Waals surface area contributed by atoms with Gasteiger partial charge in [0.15, 0.2) is 5.22 Å². The first-order valence-electron chi connectivity index (χ1n) is 5.24. The molecular formula is C12H15Cl2OP. The van der Waals surface area contributed by atoms with Crippen LogP contribution in [0.25, 0.3) is 0 Å². The quantitative estimate of drug-likeness (QED) is 0.412. The third kappa shape index (κ3) is 5.21. The highest BCUT2D eigenvalue weighted by Gasteiger charge is 2.05. The molecule has 0 fully saturated rings. The molecular weight excluding hydrogens is 262 g/mol. The van der Waals surface area contributed by atoms with Crippen molar-refractivity contribution in [2.45, 2.75) is 19.8 Å². The monoisotopic (exact) mass is 276 g/mol. The Morgan fingerprint density at radius 3 is 2.69 bits per heavy atom. The largest absolute Gasteiger partial charge is 0.483 e. The number of hydrogen-bond acceptors (Lipinski definition) is 1. The van der Waals surface area contributed by atoms with E-state index >= 15 is 0 Å². The van der Waals surface area contributed by atoms with E-state index in [1.165, 1.54) is 0 Å². The third-order valence-electron chi connectivity index (χ3n) is 1.96. The van der Waals surface area contributed by atoms with Crippen molar-refractivity contribution in [3.63, 3.8) is 0 Å². The van der Waals surface area contributed by atoms with Gasteiger partial charge in [-0.25, -0.2) is 0 Å². The van der Waals surface area contributed by atoms with Crippen molar-refractivity contribution in [2.24, 2.45) is 0 Å². The molecule has 0 bridgehead atoms. The molecule has 0 saturated heterocycles. The molecule has 0 radical (unpaired) electrons. The van der Waals surface area contributed by atoms with E-state index in [0.717, 1.165) is 18.1 Å². The van der Waals surface area contributed by atoms with Crippen LogP contribution >= 0.6 is 30.1 Å². The molecule has 16 heavy (non-hydrogen) atoms. The van der Waals surface area contributed by atoms with Crippen molar-refractivity contribution in [1.82, 2.24) is 0 Å². The van der Waals surface area contributed by atoms with Crippen LogP contribution in [0.15, 0.2) is 41.4 Å². The standard InChI is InChI=1S/C12H15Cl2OP/c1-2-3-9-15-12(13)10-16(14)11-7-5-4-6-8-11/h4-8,10H,2-3,9H2,1H3/b12-10-. The second-order valence-electron chi connectivity index (χ2n) is 3.28. The fourth-order valence-corrected chi connectivity index (χ4v) is 3.07. The Labute approximate surface area is 108 Å². The summed E-state index contributed by atoms with van der Waals surface area (Å²) < 4.78 is 5.33. The Kier molecular flexibility index (Phi) is 6.87. The van der Waals surface area contributed by atoms with Crippen LogP contribution in [-0.4, -0.2) is 6.61 Å². The maximum atomic E-state index is 6.24. The zero-order valence-corrected chi connectivity index (χ0v) is 11.6. The van der Waals surface area contributed by atoms with Gasteiger partial charge < -0.3 is 4.74 Å². The lowest BCUT2D eigenvalue weighted by molar-refractivity contribution is 0.231. The van der Waals surface area contributed by atoms with Crippen molar-refractivity contribution in [2.75, 3.05) is 6.61 Å². The van der Waals surface area contributed by atoms with Gasteiger partial charge in [0.05, 0.1) is 6.61 Å². The van der Waals surface area contributed by atoms with Gasteiger partial charge in [0.1, 0.15) is 0 Å². The molecule has 0 amide bonds. The molecule has 0 aliphatic carbocycles. The van der Waals surface area contributed by atoms with Gasteiger partial charge in [-0.3, -0.25) is 0 Å². The normalized spacial score (nSPS) is 13.6. The van der Waals surface area contributed by atoms with Crippen LogP contribution < -0.4 is 5.30 Å². The van der Waals surface area contributed by atoms with E-state index in [4.69, 9.17) is 27.6 Å². The lowest BCUT2D eigenvalue weighted by Gasteiger charge is -2.07. The van der Waals surface area contributed by atoms with Gasteiger partial charge in [0, 0.05) is 13.1 Å². The smallest absolute Gasteiger partial charge is 0.188 e. The van der Waals surface area contributed by atoms with Crippen LogP contribution in [0.3, 0.4) is 0 Å². The molecule has 1 rings (SSSR count). The second-order valence-corrected chi connectivity index (χ2v) is 6.14. The SMILES string of the molecule is CCCCO/C(Cl)=C\P(Cl)c1ccccc1. The third-order valence-corrected chi connectivity index (χ3v) is 4.46. The van der Waals surface area contributed by atoms with E-state index in [1.807, 2.05) is 30.3 Å². The molecule has 1 nitrogen and oxygen atoms in total. The summed E-state index contributed by atoms with van der Waals surface area (Å²) in [6.45, 7) is 2.76. The van der Waals surface area contributed by atoms with Crippen molar-refractivity contribution in [1.29, 1.82) is 0 Å². The summed E-state index contributed by atoms with van der Waals surface area (Å²) in [5.74, 6) is 1.78. The molecule has 0 saturated carbocycles. The summed E-state index contributed by atoms with van der Waals surface area (Å²) >= 11 is 12.2. The molecule has 1 aromatic rings. The van der Waals surface area contributed by atoms with Crippen molar-refractivity contribution in [3.8, 4) is 0 Å². The van der Waals surface area contributed by atoms with Crippen molar-refractivity contribution >= 4 is 35.4 Å². The zero-order chi connectivity index (χ0) is 11.8. The van der Waals surface area contributed by atoms with Gasteiger partial charge in [-0.1, -0.05) is 54.9 Å². The summed E-state index contributed by atoms with van der Waals surface area (Å²) in [7, 11) is -0.883. The van der Waals surface area contributed by atoms with Crippen LogP contribution in [0.5, 0.6) is 0 Å². The van der Waals surface area contributed by atoms with Gasteiger partial charge in [-0.15, -0.1) is 0 Å². The fourth-order valence-electron chi connectivity index (χ4n) is 1.09. The van der Waals surface area contributed by atoms with E-state index in [9.17, 15) is 0 Å². The van der Waals surface area contributed by atoms with Gasteiger partial charge >= 0.3 is 0 Å². The number of halogens is 2. The summed E-state index contributed by atoms with van der Waals surface area (Å²) in [4.78, 5) is 0. The highest BCUT2D eigenvalue weighted by molar-refractivity contribution is 7.92. The van der Waals surface area contributed by atoms with Gasteiger partial charge in [0.2, 0.25) is 0 Å². The predicted molar refractivity (Wildman–Crippen MR) is 73.6 cm³/mol. The molecule has 88 valence electrons. The Bertz CT molecular complexity index is 327. The number of unbranched alkanes of at least 4 members (excludes halogenated alkanes) is 1. The van der Waals surface area contributed by atoms with E-state index in [1.54, 1.807) is 5.82 Å². The molecule has 0 heterocycles. The van der Waals surface area contributed by atoms with E-state index in [2.05, 4.69) is 6.92 Å². The summed E-state index contributed by atoms with van der Waals surface area (Å²) in [6, 6.07) is 9.88. The van der Waals surface area contributed by atoms with Crippen LogP contribution in [0.1, 0.15) is 19.8 Å². The lowest BCUT2D eigenvalue weighted by Crippen LogP contribution is -1.95. The lowest BCUT2D eigenvalue weighted by atomic mass is 10.4. The average Bonchev–Trinajstić information content (AvgIpc) is 2.30. The maximum absolute atomic E-state index is 6.24. The number of ether oxygens (including phenoxy) is 1. The summed E-state index contributed by atoms with van der Waals surface area (Å²) in [5.41, 5.74) is 0. The molecule has 0 aliphatic rings. The average molecular weight is 277 g/mol. The predicted octanol–water partition coefficient (Wildman–Crippen LogP) is 4.80. The minimum Gasteiger partial charge on any atom is -0.483 e. The van der Waals surface area contributed by atoms with Gasteiger partial charge in [-0.05, 0) is 23.3 Å². The topological polar surface area (TPSA) is 9.23 Å². The molecule has 4 heteroatoms. The molecule has 0 aromatic heterocycles. The van der Waals surface area contributed by atoms with Crippen molar-refractivity contribution < 1.29 is 4.74 Å². The number of hydrogen-bond donors (Lipinski definition) is 0. The summed E-state index contributed by atoms with van der Waals surface area (Å²) in [5, 5.41) is 1.48. The van der Waals surface area contributed by atoms with Crippen LogP contribution in [0, 0.1) is 0 Å². The summed E-state index contributed by atoms with van der Waals surface area (Å²) in [6.07, 6.45) is 2.11. The van der Waals surface area contributed by atoms with Gasteiger partial charge in [-0.2, -0.15) is 0 Å².